The fraction of sp³-hybridized carbons (Fsp3) is 0.700. The Kier molecular flexibility index (Phi) is 1.85. The second kappa shape index (κ2) is 3.07. The first kappa shape index (κ1) is 8.44. The molecule has 0 spiro atoms. The van der Waals surface area contributed by atoms with Crippen molar-refractivity contribution in [3.63, 3.8) is 0 Å². The van der Waals surface area contributed by atoms with E-state index >= 15 is 0 Å². The highest BCUT2D eigenvalue weighted by atomic mass is 16.5. The van der Waals surface area contributed by atoms with Gasteiger partial charge in [-0.1, -0.05) is 0 Å². The van der Waals surface area contributed by atoms with E-state index in [2.05, 4.69) is 9.78 Å². The zero-order valence-electron chi connectivity index (χ0n) is 8.15. The van der Waals surface area contributed by atoms with E-state index < -0.39 is 0 Å². The van der Waals surface area contributed by atoms with E-state index in [1.165, 1.54) is 24.1 Å². The van der Waals surface area contributed by atoms with E-state index in [0.29, 0.717) is 12.5 Å². The molecular weight excluding hydrogens is 178 g/mol. The van der Waals surface area contributed by atoms with Gasteiger partial charge in [-0.3, -0.25) is 4.68 Å². The first-order valence-corrected chi connectivity index (χ1v) is 5.27. The molecule has 0 amide bonds. The van der Waals surface area contributed by atoms with Gasteiger partial charge in [-0.25, -0.2) is 0 Å². The van der Waals surface area contributed by atoms with E-state index in [1.807, 2.05) is 6.20 Å². The molecule has 2 N–H and O–H groups in total. The molecule has 2 unspecified atom stereocenters. The van der Waals surface area contributed by atoms with Crippen molar-refractivity contribution in [2.45, 2.75) is 31.4 Å². The van der Waals surface area contributed by atoms with E-state index in [0.717, 1.165) is 13.2 Å². The fourth-order valence-corrected chi connectivity index (χ4v) is 2.59. The maximum atomic E-state index is 5.73. The summed E-state index contributed by atoms with van der Waals surface area (Å²) in [6.45, 7) is 2.44. The number of nitrogens with zero attached hydrogens (tertiary/aromatic N) is 2. The minimum Gasteiger partial charge on any atom is -0.371 e. The van der Waals surface area contributed by atoms with Crippen LogP contribution in [0.1, 0.15) is 36.1 Å². The van der Waals surface area contributed by atoms with Gasteiger partial charge in [0.25, 0.3) is 0 Å². The van der Waals surface area contributed by atoms with Crippen LogP contribution in [-0.4, -0.2) is 22.9 Å². The Bertz CT molecular complexity index is 347. The number of nitrogens with two attached hydrogens (primary N) is 1. The van der Waals surface area contributed by atoms with Crippen LogP contribution in [0.15, 0.2) is 6.20 Å². The summed E-state index contributed by atoms with van der Waals surface area (Å²) >= 11 is 0. The van der Waals surface area contributed by atoms with E-state index in [4.69, 9.17) is 10.5 Å². The van der Waals surface area contributed by atoms with Crippen LogP contribution in [0.4, 0.5) is 0 Å². The first-order valence-electron chi connectivity index (χ1n) is 5.27. The van der Waals surface area contributed by atoms with E-state index in [-0.39, 0.29) is 6.10 Å². The van der Waals surface area contributed by atoms with Crippen molar-refractivity contribution >= 4 is 0 Å². The van der Waals surface area contributed by atoms with E-state index in [9.17, 15) is 0 Å². The highest BCUT2D eigenvalue weighted by Gasteiger charge is 2.32. The van der Waals surface area contributed by atoms with Gasteiger partial charge in [0.2, 0.25) is 0 Å². The Labute approximate surface area is 83.0 Å². The molecule has 2 aliphatic heterocycles. The molecule has 4 nitrogen and oxygen atoms in total. The molecule has 14 heavy (non-hydrogen) atoms. The van der Waals surface area contributed by atoms with Crippen LogP contribution in [0.3, 0.4) is 0 Å². The zero-order chi connectivity index (χ0) is 9.54. The molecule has 4 heteroatoms. The lowest BCUT2D eigenvalue weighted by Gasteiger charge is -2.32. The minimum absolute atomic E-state index is 0.0769. The number of aromatic nitrogens is 2. The van der Waals surface area contributed by atoms with Crippen molar-refractivity contribution in [2.24, 2.45) is 5.73 Å². The topological polar surface area (TPSA) is 53.1 Å². The van der Waals surface area contributed by atoms with Crippen molar-refractivity contribution in [3.8, 4) is 0 Å². The molecular formula is C10H15N3O. The van der Waals surface area contributed by atoms with Crippen molar-refractivity contribution < 1.29 is 4.74 Å². The summed E-state index contributed by atoms with van der Waals surface area (Å²) in [5.74, 6) is 0.559. The number of hydrogen-bond donors (Lipinski definition) is 1. The number of ether oxygens (including phenoxy) is 1. The summed E-state index contributed by atoms with van der Waals surface area (Å²) in [5.41, 5.74) is 8.28. The van der Waals surface area contributed by atoms with Gasteiger partial charge < -0.3 is 10.5 Å². The van der Waals surface area contributed by atoms with Gasteiger partial charge in [0.1, 0.15) is 0 Å². The smallest absolute Gasteiger partial charge is 0.0980 e. The predicted molar refractivity (Wildman–Crippen MR) is 51.9 cm³/mol. The molecule has 1 aromatic heterocycles. The molecule has 3 rings (SSSR count). The van der Waals surface area contributed by atoms with Crippen molar-refractivity contribution in [1.29, 1.82) is 0 Å². The molecule has 3 heterocycles. The average Bonchev–Trinajstić information content (AvgIpc) is 2.66. The van der Waals surface area contributed by atoms with Crippen molar-refractivity contribution in [1.82, 2.24) is 9.78 Å². The van der Waals surface area contributed by atoms with Crippen LogP contribution in [0.5, 0.6) is 0 Å². The minimum atomic E-state index is 0.0769. The van der Waals surface area contributed by atoms with Crippen molar-refractivity contribution in [3.05, 3.63) is 17.5 Å². The summed E-state index contributed by atoms with van der Waals surface area (Å²) in [4.78, 5) is 0. The Hall–Kier alpha value is -0.870. The predicted octanol–water partition coefficient (Wildman–Crippen LogP) is 0.790. The summed E-state index contributed by atoms with van der Waals surface area (Å²) < 4.78 is 7.86. The van der Waals surface area contributed by atoms with Crippen molar-refractivity contribution in [2.75, 3.05) is 13.2 Å². The quantitative estimate of drug-likeness (QED) is 0.717. The Morgan fingerprint density at radius 1 is 1.64 bits per heavy atom. The van der Waals surface area contributed by atoms with Crippen LogP contribution >= 0.6 is 0 Å². The highest BCUT2D eigenvalue weighted by Crippen LogP contribution is 2.38. The van der Waals surface area contributed by atoms with Gasteiger partial charge in [-0.2, -0.15) is 5.10 Å². The van der Waals surface area contributed by atoms with Gasteiger partial charge >= 0.3 is 0 Å². The lowest BCUT2D eigenvalue weighted by atomic mass is 9.90. The maximum absolute atomic E-state index is 5.73. The monoisotopic (exact) mass is 193 g/mol. The first-order chi connectivity index (χ1) is 6.90. The SMILES string of the molecule is NCC1OCC2CCCn3ncc1c32. The second-order valence-electron chi connectivity index (χ2n) is 4.11. The molecule has 0 saturated carbocycles. The van der Waals surface area contributed by atoms with Crippen LogP contribution in [0.2, 0.25) is 0 Å². The van der Waals surface area contributed by atoms with Gasteiger partial charge in [0.05, 0.1) is 18.9 Å². The molecule has 76 valence electrons. The maximum Gasteiger partial charge on any atom is 0.0980 e. The van der Waals surface area contributed by atoms with Gasteiger partial charge in [-0.05, 0) is 12.8 Å². The molecule has 0 fully saturated rings. The average molecular weight is 193 g/mol. The normalized spacial score (nSPS) is 30.1. The van der Waals surface area contributed by atoms with E-state index in [1.54, 1.807) is 0 Å². The summed E-state index contributed by atoms with van der Waals surface area (Å²) in [5, 5.41) is 4.40. The van der Waals surface area contributed by atoms with Crippen LogP contribution in [0, 0.1) is 0 Å². The highest BCUT2D eigenvalue weighted by molar-refractivity contribution is 5.28. The third-order valence-corrected chi connectivity index (χ3v) is 3.28. The Balaban J connectivity index is 2.08. The number of aryl methyl sites for hydroxylation is 1. The molecule has 0 saturated heterocycles. The molecule has 2 aliphatic rings. The summed E-state index contributed by atoms with van der Waals surface area (Å²) in [7, 11) is 0. The Morgan fingerprint density at radius 2 is 2.57 bits per heavy atom. The lowest BCUT2D eigenvalue weighted by Crippen LogP contribution is -2.29. The van der Waals surface area contributed by atoms with Crippen LogP contribution in [0.25, 0.3) is 0 Å². The lowest BCUT2D eigenvalue weighted by molar-refractivity contribution is 0.0262. The molecule has 0 radical (unpaired) electrons. The third-order valence-electron chi connectivity index (χ3n) is 3.28. The van der Waals surface area contributed by atoms with Crippen LogP contribution < -0.4 is 5.73 Å². The fourth-order valence-electron chi connectivity index (χ4n) is 2.59. The van der Waals surface area contributed by atoms with Crippen LogP contribution in [-0.2, 0) is 11.3 Å². The van der Waals surface area contributed by atoms with Gasteiger partial charge in [-0.15, -0.1) is 0 Å². The second-order valence-corrected chi connectivity index (χ2v) is 4.11. The van der Waals surface area contributed by atoms with Gasteiger partial charge in [0, 0.05) is 30.3 Å². The summed E-state index contributed by atoms with van der Waals surface area (Å²) in [6, 6.07) is 0. The zero-order valence-corrected chi connectivity index (χ0v) is 8.15. The largest absolute Gasteiger partial charge is 0.371 e. The Morgan fingerprint density at radius 3 is 3.43 bits per heavy atom. The molecule has 0 bridgehead atoms. The number of hydrogen-bond acceptors (Lipinski definition) is 3. The molecule has 1 aromatic rings. The molecule has 0 aromatic carbocycles. The third kappa shape index (κ3) is 1.04. The van der Waals surface area contributed by atoms with Gasteiger partial charge in [0.15, 0.2) is 0 Å². The molecule has 2 atom stereocenters. The molecule has 0 aliphatic carbocycles. The standard InChI is InChI=1S/C10H15N3O/c11-4-9-8-5-12-13-3-1-2-7(6-14-9)10(8)13/h5,7,9H,1-4,6,11H2. The summed E-state index contributed by atoms with van der Waals surface area (Å²) in [6.07, 6.45) is 4.46. The number of rotatable bonds is 1.